The highest BCUT2D eigenvalue weighted by Crippen LogP contribution is 2.15. The van der Waals surface area contributed by atoms with Crippen molar-refractivity contribution in [3.63, 3.8) is 0 Å². The molecule has 0 bridgehead atoms. The Balaban J connectivity index is 5.20. The van der Waals surface area contributed by atoms with Gasteiger partial charge in [0.1, 0.15) is 0 Å². The first-order valence-corrected chi connectivity index (χ1v) is 7.13. The summed E-state index contributed by atoms with van der Waals surface area (Å²) in [6.07, 6.45) is 0. The number of rotatable bonds is 5. The summed E-state index contributed by atoms with van der Waals surface area (Å²) in [5.74, 6) is 0. The topological polar surface area (TPSA) is 68.3 Å². The van der Waals surface area contributed by atoms with Gasteiger partial charge in [-0.2, -0.15) is 0 Å². The Kier molecular flexibility index (Phi) is 4.08. The fraction of sp³-hybridized carbons (Fsp3) is 0.500. The SMILES string of the molecule is C=CS(=O)(=O)C(C)C(C)S(=O)(=O)C=C. The van der Waals surface area contributed by atoms with E-state index in [1.54, 1.807) is 0 Å². The minimum Gasteiger partial charge on any atom is -0.224 e. The lowest BCUT2D eigenvalue weighted by molar-refractivity contribution is 0.572. The van der Waals surface area contributed by atoms with Crippen LogP contribution in [0, 0.1) is 0 Å². The Morgan fingerprint density at radius 2 is 1.07 bits per heavy atom. The van der Waals surface area contributed by atoms with E-state index in [1.807, 2.05) is 0 Å². The van der Waals surface area contributed by atoms with Gasteiger partial charge in [-0.1, -0.05) is 13.2 Å². The lowest BCUT2D eigenvalue weighted by atomic mass is 10.4. The van der Waals surface area contributed by atoms with Crippen LogP contribution >= 0.6 is 0 Å². The Morgan fingerprint density at radius 1 is 0.857 bits per heavy atom. The van der Waals surface area contributed by atoms with Gasteiger partial charge in [0, 0.05) is 10.8 Å². The molecule has 0 saturated heterocycles. The minimum absolute atomic E-state index is 0.771. The van der Waals surface area contributed by atoms with Gasteiger partial charge in [0.15, 0.2) is 19.7 Å². The molecule has 14 heavy (non-hydrogen) atoms. The summed E-state index contributed by atoms with van der Waals surface area (Å²) in [5, 5.41) is -0.481. The second kappa shape index (κ2) is 4.27. The maximum Gasteiger partial charge on any atom is 0.174 e. The molecule has 0 heterocycles. The highest BCUT2D eigenvalue weighted by molar-refractivity contribution is 7.98. The second-order valence-corrected chi connectivity index (χ2v) is 7.43. The minimum atomic E-state index is -3.55. The van der Waals surface area contributed by atoms with E-state index in [9.17, 15) is 16.8 Å². The van der Waals surface area contributed by atoms with E-state index in [2.05, 4.69) is 13.2 Å². The highest BCUT2D eigenvalue weighted by Gasteiger charge is 2.31. The lowest BCUT2D eigenvalue weighted by Crippen LogP contribution is -2.33. The molecule has 2 atom stereocenters. The van der Waals surface area contributed by atoms with Crippen LogP contribution in [0.2, 0.25) is 0 Å². The van der Waals surface area contributed by atoms with Gasteiger partial charge < -0.3 is 0 Å². The fourth-order valence-corrected chi connectivity index (χ4v) is 3.44. The van der Waals surface area contributed by atoms with Crippen LogP contribution in [-0.2, 0) is 19.7 Å². The van der Waals surface area contributed by atoms with Crippen LogP contribution in [0.4, 0.5) is 0 Å². The van der Waals surface area contributed by atoms with Crippen LogP contribution in [0.3, 0.4) is 0 Å². The van der Waals surface area contributed by atoms with E-state index < -0.39 is 30.2 Å². The normalized spacial score (nSPS) is 17.0. The van der Waals surface area contributed by atoms with Crippen LogP contribution in [0.1, 0.15) is 13.8 Å². The van der Waals surface area contributed by atoms with Gasteiger partial charge >= 0.3 is 0 Å². The third-order valence-electron chi connectivity index (χ3n) is 2.16. The van der Waals surface area contributed by atoms with E-state index in [-0.39, 0.29) is 0 Å². The molecule has 0 rings (SSSR count). The zero-order chi connectivity index (χ0) is 11.6. The molecule has 0 spiro atoms. The summed E-state index contributed by atoms with van der Waals surface area (Å²) in [6.45, 7) is 8.94. The van der Waals surface area contributed by atoms with E-state index in [0.29, 0.717) is 0 Å². The second-order valence-electron chi connectivity index (χ2n) is 2.92. The summed E-state index contributed by atoms with van der Waals surface area (Å²) < 4.78 is 45.1. The van der Waals surface area contributed by atoms with Gasteiger partial charge in [0.05, 0.1) is 10.5 Å². The molecule has 0 radical (unpaired) electrons. The van der Waals surface area contributed by atoms with Gasteiger partial charge in [-0.25, -0.2) is 16.8 Å². The van der Waals surface area contributed by atoms with Gasteiger partial charge in [0.2, 0.25) is 0 Å². The zero-order valence-corrected chi connectivity index (χ0v) is 9.81. The number of sulfone groups is 2. The highest BCUT2D eigenvalue weighted by atomic mass is 32.2. The molecule has 0 aliphatic carbocycles. The van der Waals surface area contributed by atoms with E-state index in [0.717, 1.165) is 10.8 Å². The van der Waals surface area contributed by atoms with Crippen molar-refractivity contribution in [2.45, 2.75) is 24.3 Å². The first kappa shape index (κ1) is 13.4. The zero-order valence-electron chi connectivity index (χ0n) is 8.17. The maximum absolute atomic E-state index is 11.3. The molecule has 0 fully saturated rings. The predicted molar refractivity (Wildman–Crippen MR) is 57.2 cm³/mol. The summed E-state index contributed by atoms with van der Waals surface area (Å²) in [4.78, 5) is 0. The monoisotopic (exact) mass is 238 g/mol. The van der Waals surface area contributed by atoms with Gasteiger partial charge in [0.25, 0.3) is 0 Å². The van der Waals surface area contributed by atoms with Crippen molar-refractivity contribution in [2.75, 3.05) is 0 Å². The van der Waals surface area contributed by atoms with E-state index in [4.69, 9.17) is 0 Å². The quantitative estimate of drug-likeness (QED) is 0.713. The first-order chi connectivity index (χ1) is 6.19. The molecule has 4 nitrogen and oxygen atoms in total. The molecule has 0 amide bonds. The Bertz CT molecular complexity index is 374. The largest absolute Gasteiger partial charge is 0.224 e. The molecule has 0 aromatic carbocycles. The Morgan fingerprint density at radius 3 is 1.21 bits per heavy atom. The number of hydrogen-bond donors (Lipinski definition) is 0. The molecule has 6 heteroatoms. The Labute approximate surface area is 85.2 Å². The van der Waals surface area contributed by atoms with Crippen molar-refractivity contribution >= 4 is 19.7 Å². The third kappa shape index (κ3) is 2.68. The van der Waals surface area contributed by atoms with Crippen molar-refractivity contribution in [3.8, 4) is 0 Å². The van der Waals surface area contributed by atoms with Crippen LogP contribution in [0.15, 0.2) is 24.0 Å². The molecule has 0 N–H and O–H groups in total. The summed E-state index contributed by atoms with van der Waals surface area (Å²) in [5.41, 5.74) is 0. The Hall–Kier alpha value is -0.620. The lowest BCUT2D eigenvalue weighted by Gasteiger charge is -2.16. The van der Waals surface area contributed by atoms with Crippen molar-refractivity contribution in [3.05, 3.63) is 24.0 Å². The van der Waals surface area contributed by atoms with Gasteiger partial charge in [-0.05, 0) is 13.8 Å². The molecule has 0 saturated carbocycles. The van der Waals surface area contributed by atoms with Gasteiger partial charge in [-0.15, -0.1) is 0 Å². The molecular weight excluding hydrogens is 224 g/mol. The van der Waals surface area contributed by atoms with Crippen molar-refractivity contribution in [1.82, 2.24) is 0 Å². The number of hydrogen-bond acceptors (Lipinski definition) is 4. The molecular formula is C8H14O4S2. The van der Waals surface area contributed by atoms with E-state index >= 15 is 0 Å². The fourth-order valence-electron chi connectivity index (χ4n) is 0.838. The summed E-state index contributed by atoms with van der Waals surface area (Å²) in [6, 6.07) is 0. The molecule has 0 aliphatic heterocycles. The molecule has 82 valence electrons. The average Bonchev–Trinajstić information content (AvgIpc) is 2.15. The van der Waals surface area contributed by atoms with Crippen LogP contribution in [-0.4, -0.2) is 27.3 Å². The third-order valence-corrected chi connectivity index (χ3v) is 6.15. The van der Waals surface area contributed by atoms with Crippen LogP contribution in [0.5, 0.6) is 0 Å². The summed E-state index contributed by atoms with van der Waals surface area (Å²) in [7, 11) is -7.11. The van der Waals surface area contributed by atoms with Crippen LogP contribution < -0.4 is 0 Å². The standard InChI is InChI=1S/C8H14O4S2/c1-5-13(9,10)7(3)8(4)14(11,12)6-2/h5-8H,1-2H2,3-4H3. The first-order valence-electron chi connectivity index (χ1n) is 3.91. The van der Waals surface area contributed by atoms with E-state index in [1.165, 1.54) is 13.8 Å². The van der Waals surface area contributed by atoms with Crippen LogP contribution in [0.25, 0.3) is 0 Å². The summed E-state index contributed by atoms with van der Waals surface area (Å²) >= 11 is 0. The van der Waals surface area contributed by atoms with Crippen molar-refractivity contribution in [1.29, 1.82) is 0 Å². The molecule has 0 aliphatic rings. The average molecular weight is 238 g/mol. The maximum atomic E-state index is 11.3. The predicted octanol–water partition coefficient (Wildman–Crippen LogP) is 0.880. The molecule has 0 aromatic heterocycles. The van der Waals surface area contributed by atoms with Crippen molar-refractivity contribution in [2.24, 2.45) is 0 Å². The van der Waals surface area contributed by atoms with Gasteiger partial charge in [-0.3, -0.25) is 0 Å². The van der Waals surface area contributed by atoms with Crippen molar-refractivity contribution < 1.29 is 16.8 Å². The smallest absolute Gasteiger partial charge is 0.174 e. The molecule has 2 unspecified atom stereocenters. The molecule has 0 aromatic rings.